The first kappa shape index (κ1) is 15.9. The second-order valence-electron chi connectivity index (χ2n) is 9.79. The zero-order valence-corrected chi connectivity index (χ0v) is 15.5. The molecule has 0 spiro atoms. The van der Waals surface area contributed by atoms with E-state index in [1.165, 1.54) is 43.3 Å². The molecule has 0 radical (unpaired) electrons. The smallest absolute Gasteiger partial charge is 0.172 e. The third kappa shape index (κ3) is 1.93. The molecule has 5 rings (SSSR count). The average Bonchev–Trinajstić information content (AvgIpc) is 3.33. The topological polar surface area (TPSA) is 40.9 Å². The van der Waals surface area contributed by atoms with Crippen molar-refractivity contribution in [2.24, 2.45) is 52.8 Å². The maximum Gasteiger partial charge on any atom is 0.172 e. The fourth-order valence-electron chi connectivity index (χ4n) is 7.95. The maximum absolute atomic E-state index is 12.3. The molecule has 0 heterocycles. The van der Waals surface area contributed by atoms with Crippen LogP contribution in [0.25, 0.3) is 0 Å². The van der Waals surface area contributed by atoms with Crippen LogP contribution in [-0.2, 0) is 4.79 Å². The first-order chi connectivity index (χ1) is 12.0. The largest absolute Gasteiger partial charge is 0.293 e. The van der Waals surface area contributed by atoms with E-state index in [9.17, 15) is 10.1 Å². The number of nitrogens with zero attached hydrogens (tertiary/aromatic N) is 1. The van der Waals surface area contributed by atoms with Gasteiger partial charge in [0.25, 0.3) is 0 Å². The standard InChI is InChI=1S/C23H29NO/c1-4-19-12(2)7-20-22-14(5-6-23(19,20)3)15-8-13(11-24)21(25)10-17(15)16-9-18(16)22/h10,13-16,18-20,22H,2,4-9H2,1,3H3/t13?,14-,15-,16-,18-,19-,20+,22+,23-/m1/s1. The molecule has 5 aliphatic rings. The van der Waals surface area contributed by atoms with Gasteiger partial charge in [-0.05, 0) is 91.4 Å². The van der Waals surface area contributed by atoms with Crippen LogP contribution in [0.4, 0.5) is 0 Å². The van der Waals surface area contributed by atoms with E-state index < -0.39 is 0 Å². The molecule has 0 aromatic carbocycles. The summed E-state index contributed by atoms with van der Waals surface area (Å²) < 4.78 is 0. The van der Waals surface area contributed by atoms with Crippen molar-refractivity contribution < 1.29 is 4.79 Å². The Morgan fingerprint density at radius 1 is 1.32 bits per heavy atom. The lowest BCUT2D eigenvalue weighted by atomic mass is 9.50. The highest BCUT2D eigenvalue weighted by Crippen LogP contribution is 2.72. The fourth-order valence-corrected chi connectivity index (χ4v) is 7.95. The van der Waals surface area contributed by atoms with E-state index >= 15 is 0 Å². The van der Waals surface area contributed by atoms with Gasteiger partial charge in [0.1, 0.15) is 5.92 Å². The lowest BCUT2D eigenvalue weighted by Gasteiger charge is -2.54. The zero-order chi connectivity index (χ0) is 17.5. The normalized spacial score (nSPS) is 53.1. The van der Waals surface area contributed by atoms with Gasteiger partial charge in [-0.25, -0.2) is 0 Å². The van der Waals surface area contributed by atoms with Crippen LogP contribution in [0.1, 0.15) is 52.4 Å². The van der Waals surface area contributed by atoms with Crippen molar-refractivity contribution in [1.29, 1.82) is 5.26 Å². The molecule has 0 aromatic rings. The SMILES string of the molecule is C=C1C[C@H]2[C@@H]3[C@@H]4C[C@@H]4C4=CC(=O)C(C#N)C[C@@H]4[C@H]3CC[C@]2(C)[C@@H]1CC. The molecule has 1 unspecified atom stereocenters. The minimum Gasteiger partial charge on any atom is -0.293 e. The van der Waals surface area contributed by atoms with Crippen molar-refractivity contribution in [2.75, 3.05) is 0 Å². The molecule has 2 heteroatoms. The van der Waals surface area contributed by atoms with E-state index in [4.69, 9.17) is 0 Å². The van der Waals surface area contributed by atoms with Crippen LogP contribution in [0, 0.1) is 64.1 Å². The Morgan fingerprint density at radius 3 is 2.80 bits per heavy atom. The Balaban J connectivity index is 1.52. The van der Waals surface area contributed by atoms with Crippen molar-refractivity contribution in [2.45, 2.75) is 52.4 Å². The van der Waals surface area contributed by atoms with E-state index in [0.29, 0.717) is 29.1 Å². The van der Waals surface area contributed by atoms with Crippen LogP contribution < -0.4 is 0 Å². The minimum absolute atomic E-state index is 0.0822. The number of ketones is 1. The number of carbonyl (C=O) groups is 1. The van der Waals surface area contributed by atoms with Gasteiger partial charge in [0, 0.05) is 0 Å². The van der Waals surface area contributed by atoms with Crippen LogP contribution in [0.15, 0.2) is 23.8 Å². The van der Waals surface area contributed by atoms with Crippen LogP contribution >= 0.6 is 0 Å². The van der Waals surface area contributed by atoms with Gasteiger partial charge in [-0.2, -0.15) is 5.26 Å². The van der Waals surface area contributed by atoms with Crippen LogP contribution in [0.3, 0.4) is 0 Å². The van der Waals surface area contributed by atoms with E-state index in [1.807, 2.05) is 6.08 Å². The second kappa shape index (κ2) is 5.09. The molecule has 132 valence electrons. The number of carbonyl (C=O) groups excluding carboxylic acids is 1. The van der Waals surface area contributed by atoms with Crippen LogP contribution in [0.2, 0.25) is 0 Å². The third-order valence-electron chi connectivity index (χ3n) is 9.01. The number of hydrogen-bond donors (Lipinski definition) is 0. The van der Waals surface area contributed by atoms with Crippen molar-refractivity contribution in [3.8, 4) is 6.07 Å². The lowest BCUT2D eigenvalue weighted by Crippen LogP contribution is -2.48. The molecule has 0 amide bonds. The van der Waals surface area contributed by atoms with Gasteiger partial charge in [-0.1, -0.05) is 31.6 Å². The van der Waals surface area contributed by atoms with E-state index in [1.54, 1.807) is 0 Å². The van der Waals surface area contributed by atoms with Crippen molar-refractivity contribution >= 4 is 5.78 Å². The number of nitriles is 1. The molecule has 9 atom stereocenters. The Hall–Kier alpha value is -1.36. The first-order valence-corrected chi connectivity index (χ1v) is 10.3. The second-order valence-corrected chi connectivity index (χ2v) is 9.79. The molecule has 4 fully saturated rings. The Labute approximate surface area is 151 Å². The summed E-state index contributed by atoms with van der Waals surface area (Å²) in [5.74, 6) is 4.68. The summed E-state index contributed by atoms with van der Waals surface area (Å²) in [5, 5.41) is 9.40. The molecule has 0 N–H and O–H groups in total. The zero-order valence-electron chi connectivity index (χ0n) is 15.5. The maximum atomic E-state index is 12.3. The quantitative estimate of drug-likeness (QED) is 0.638. The van der Waals surface area contributed by atoms with Crippen LogP contribution in [-0.4, -0.2) is 5.78 Å². The number of rotatable bonds is 1. The number of fused-ring (bicyclic) bond motifs is 8. The van der Waals surface area contributed by atoms with Gasteiger partial charge in [-0.3, -0.25) is 4.79 Å². The molecular weight excluding hydrogens is 306 g/mol. The monoisotopic (exact) mass is 335 g/mol. The van der Waals surface area contributed by atoms with Crippen molar-refractivity contribution in [3.63, 3.8) is 0 Å². The van der Waals surface area contributed by atoms with E-state index in [-0.39, 0.29) is 11.7 Å². The average molecular weight is 335 g/mol. The fraction of sp³-hybridized carbons (Fsp3) is 0.739. The highest BCUT2D eigenvalue weighted by Gasteiger charge is 2.65. The highest BCUT2D eigenvalue weighted by molar-refractivity contribution is 5.95. The molecule has 5 aliphatic carbocycles. The Bertz CT molecular complexity index is 727. The van der Waals surface area contributed by atoms with Gasteiger partial charge in [-0.15, -0.1) is 0 Å². The molecular formula is C23H29NO. The molecule has 0 saturated heterocycles. The molecule has 25 heavy (non-hydrogen) atoms. The number of allylic oxidation sites excluding steroid dienone is 2. The van der Waals surface area contributed by atoms with Gasteiger partial charge >= 0.3 is 0 Å². The van der Waals surface area contributed by atoms with Crippen molar-refractivity contribution in [1.82, 2.24) is 0 Å². The summed E-state index contributed by atoms with van der Waals surface area (Å²) in [6.07, 6.45) is 9.06. The summed E-state index contributed by atoms with van der Waals surface area (Å²) in [4.78, 5) is 12.3. The van der Waals surface area contributed by atoms with Gasteiger partial charge in [0.15, 0.2) is 5.78 Å². The van der Waals surface area contributed by atoms with E-state index in [0.717, 1.165) is 24.2 Å². The summed E-state index contributed by atoms with van der Waals surface area (Å²) in [5.41, 5.74) is 3.39. The predicted molar refractivity (Wildman–Crippen MR) is 97.2 cm³/mol. The molecule has 0 aromatic heterocycles. The molecule has 2 nitrogen and oxygen atoms in total. The summed E-state index contributed by atoms with van der Waals surface area (Å²) in [7, 11) is 0. The highest BCUT2D eigenvalue weighted by atomic mass is 16.1. The first-order valence-electron chi connectivity index (χ1n) is 10.3. The Kier molecular flexibility index (Phi) is 3.23. The van der Waals surface area contributed by atoms with Gasteiger partial charge in [0.05, 0.1) is 6.07 Å². The predicted octanol–water partition coefficient (Wildman–Crippen LogP) is 4.93. The van der Waals surface area contributed by atoms with Gasteiger partial charge in [0.2, 0.25) is 0 Å². The lowest BCUT2D eigenvalue weighted by molar-refractivity contribution is -0.118. The third-order valence-corrected chi connectivity index (χ3v) is 9.01. The molecule has 0 bridgehead atoms. The van der Waals surface area contributed by atoms with Gasteiger partial charge < -0.3 is 0 Å². The summed E-state index contributed by atoms with van der Waals surface area (Å²) >= 11 is 0. The summed E-state index contributed by atoms with van der Waals surface area (Å²) in [6.45, 7) is 9.35. The minimum atomic E-state index is -0.389. The van der Waals surface area contributed by atoms with Crippen LogP contribution in [0.5, 0.6) is 0 Å². The Morgan fingerprint density at radius 2 is 2.08 bits per heavy atom. The number of hydrogen-bond acceptors (Lipinski definition) is 2. The molecule has 0 aliphatic heterocycles. The van der Waals surface area contributed by atoms with E-state index in [2.05, 4.69) is 26.5 Å². The van der Waals surface area contributed by atoms with Crippen molar-refractivity contribution in [3.05, 3.63) is 23.8 Å². The molecule has 4 saturated carbocycles. The summed E-state index contributed by atoms with van der Waals surface area (Å²) in [6, 6.07) is 2.28.